The van der Waals surface area contributed by atoms with Gasteiger partial charge in [0.05, 0.1) is 17.1 Å². The summed E-state index contributed by atoms with van der Waals surface area (Å²) in [7, 11) is 0. The molecule has 5 nitrogen and oxygen atoms in total. The van der Waals surface area contributed by atoms with Gasteiger partial charge in [0.25, 0.3) is 0 Å². The molecule has 0 unspecified atom stereocenters. The van der Waals surface area contributed by atoms with Gasteiger partial charge in [-0.05, 0) is 92.1 Å². The number of nitrogens with zero attached hydrogens (tertiary/aromatic N) is 3. The van der Waals surface area contributed by atoms with Gasteiger partial charge in [-0.25, -0.2) is 9.18 Å². The minimum Gasteiger partial charge on any atom is -0.319 e. The number of hydrogen-bond donors (Lipinski definition) is 1. The van der Waals surface area contributed by atoms with Crippen LogP contribution in [-0.4, -0.2) is 28.0 Å². The zero-order chi connectivity index (χ0) is 21.4. The summed E-state index contributed by atoms with van der Waals surface area (Å²) in [5.41, 5.74) is 3.17. The number of aromatic nitrogens is 1. The first kappa shape index (κ1) is 19.5. The topological polar surface area (TPSA) is 69.0 Å². The van der Waals surface area contributed by atoms with Crippen LogP contribution in [0, 0.1) is 17.1 Å². The smallest absolute Gasteiger partial charge is 0.319 e. The molecule has 0 atom stereocenters. The van der Waals surface area contributed by atoms with Crippen LogP contribution in [-0.2, 0) is 0 Å². The maximum absolute atomic E-state index is 13.8. The van der Waals surface area contributed by atoms with E-state index in [1.807, 2.05) is 11.0 Å². The standard InChI is InChI=1S/C25H23FN4O/c26-19-3-6-23-22(15-19)21(9-13-28-23)18-7-10-25(11-8-18)12-14-30(25)24(31)29-20-4-1-17(16-27)2-5-20/h1-6,9,13,15,18H,7-8,10-12,14H2,(H,29,31). The normalized spacial score (nSPS) is 22.7. The number of rotatable bonds is 2. The van der Waals surface area contributed by atoms with Crippen LogP contribution >= 0.6 is 0 Å². The second kappa shape index (κ2) is 7.66. The van der Waals surface area contributed by atoms with Gasteiger partial charge in [-0.1, -0.05) is 0 Å². The third-order valence-electron chi connectivity index (χ3n) is 6.98. The van der Waals surface area contributed by atoms with E-state index in [2.05, 4.69) is 16.4 Å². The van der Waals surface area contributed by atoms with Gasteiger partial charge in [0.2, 0.25) is 0 Å². The second-order valence-corrected chi connectivity index (χ2v) is 8.58. The highest BCUT2D eigenvalue weighted by molar-refractivity contribution is 5.90. The molecule has 0 bridgehead atoms. The second-order valence-electron chi connectivity index (χ2n) is 8.58. The molecule has 31 heavy (non-hydrogen) atoms. The Hall–Kier alpha value is -3.46. The van der Waals surface area contributed by atoms with Gasteiger partial charge < -0.3 is 10.2 Å². The number of carbonyl (C=O) groups excluding carboxylic acids is 1. The molecule has 3 aromatic rings. The number of anilines is 1. The summed E-state index contributed by atoms with van der Waals surface area (Å²) >= 11 is 0. The lowest BCUT2D eigenvalue weighted by Gasteiger charge is -2.56. The average molecular weight is 414 g/mol. The predicted octanol–water partition coefficient (Wildman–Crippen LogP) is 5.58. The number of urea groups is 1. The van der Waals surface area contributed by atoms with Crippen LogP contribution < -0.4 is 5.32 Å². The first-order valence-corrected chi connectivity index (χ1v) is 10.7. The van der Waals surface area contributed by atoms with E-state index in [0.717, 1.165) is 55.1 Å². The number of benzene rings is 2. The zero-order valence-corrected chi connectivity index (χ0v) is 17.1. The lowest BCUT2D eigenvalue weighted by molar-refractivity contribution is -0.00398. The number of pyridine rings is 1. The fraction of sp³-hybridized carbons (Fsp3) is 0.320. The number of nitriles is 1. The molecule has 1 saturated heterocycles. The molecule has 1 aromatic heterocycles. The number of nitrogens with one attached hydrogen (secondary N) is 1. The molecule has 2 heterocycles. The SMILES string of the molecule is N#Cc1ccc(NC(=O)N2CCC23CCC(c2ccnc4ccc(F)cc24)CC3)cc1. The number of hydrogen-bond acceptors (Lipinski definition) is 3. The first-order valence-electron chi connectivity index (χ1n) is 10.7. The monoisotopic (exact) mass is 414 g/mol. The van der Waals surface area contributed by atoms with Gasteiger partial charge in [0, 0.05) is 29.4 Å². The van der Waals surface area contributed by atoms with Gasteiger partial charge in [0.1, 0.15) is 5.82 Å². The number of fused-ring (bicyclic) bond motifs is 1. The van der Waals surface area contributed by atoms with Crippen molar-refractivity contribution in [2.75, 3.05) is 11.9 Å². The molecule has 1 aliphatic carbocycles. The van der Waals surface area contributed by atoms with E-state index >= 15 is 0 Å². The fourth-order valence-corrected chi connectivity index (χ4v) is 5.16. The summed E-state index contributed by atoms with van der Waals surface area (Å²) in [6.45, 7) is 0.760. The van der Waals surface area contributed by atoms with Crippen molar-refractivity contribution >= 4 is 22.6 Å². The summed E-state index contributed by atoms with van der Waals surface area (Å²) in [6.07, 6.45) is 6.65. The highest BCUT2D eigenvalue weighted by Gasteiger charge is 2.49. The van der Waals surface area contributed by atoms with E-state index in [1.54, 1.807) is 42.6 Å². The van der Waals surface area contributed by atoms with Crippen molar-refractivity contribution in [1.29, 1.82) is 5.26 Å². The Morgan fingerprint density at radius 3 is 2.58 bits per heavy atom. The van der Waals surface area contributed by atoms with Crippen LogP contribution in [0.15, 0.2) is 54.7 Å². The van der Waals surface area contributed by atoms with Crippen LogP contribution in [0.5, 0.6) is 0 Å². The molecule has 1 N–H and O–H groups in total. The molecule has 1 spiro atoms. The van der Waals surface area contributed by atoms with Crippen molar-refractivity contribution in [3.8, 4) is 6.07 Å². The largest absolute Gasteiger partial charge is 0.322 e. The van der Waals surface area contributed by atoms with Gasteiger partial charge in [-0.3, -0.25) is 4.98 Å². The number of halogens is 1. The Balaban J connectivity index is 1.28. The molecule has 1 aliphatic heterocycles. The summed E-state index contributed by atoms with van der Waals surface area (Å²) in [4.78, 5) is 19.2. The van der Waals surface area contributed by atoms with Crippen molar-refractivity contribution < 1.29 is 9.18 Å². The van der Waals surface area contributed by atoms with Crippen molar-refractivity contribution in [2.24, 2.45) is 0 Å². The van der Waals surface area contributed by atoms with Crippen LogP contribution in [0.2, 0.25) is 0 Å². The summed E-state index contributed by atoms with van der Waals surface area (Å²) in [6, 6.07) is 15.7. The van der Waals surface area contributed by atoms with E-state index in [9.17, 15) is 9.18 Å². The Morgan fingerprint density at radius 2 is 1.90 bits per heavy atom. The molecule has 2 aliphatic rings. The van der Waals surface area contributed by atoms with E-state index in [1.165, 1.54) is 6.07 Å². The molecule has 2 fully saturated rings. The number of amides is 2. The van der Waals surface area contributed by atoms with Crippen LogP contribution in [0.4, 0.5) is 14.9 Å². The summed E-state index contributed by atoms with van der Waals surface area (Å²) in [5, 5.41) is 12.8. The third kappa shape index (κ3) is 3.50. The maximum atomic E-state index is 13.8. The fourth-order valence-electron chi connectivity index (χ4n) is 5.16. The van der Waals surface area contributed by atoms with Gasteiger partial charge >= 0.3 is 6.03 Å². The third-order valence-corrected chi connectivity index (χ3v) is 6.98. The quantitative estimate of drug-likeness (QED) is 0.595. The molecule has 156 valence electrons. The van der Waals surface area contributed by atoms with Crippen molar-refractivity contribution in [2.45, 2.75) is 43.6 Å². The average Bonchev–Trinajstić information content (AvgIpc) is 2.78. The zero-order valence-electron chi connectivity index (χ0n) is 17.1. The summed E-state index contributed by atoms with van der Waals surface area (Å²) < 4.78 is 13.8. The van der Waals surface area contributed by atoms with E-state index in [-0.39, 0.29) is 17.4 Å². The molecule has 2 amide bonds. The molecular weight excluding hydrogens is 391 g/mol. The van der Waals surface area contributed by atoms with Gasteiger partial charge in [-0.15, -0.1) is 0 Å². The molecule has 6 heteroatoms. The van der Waals surface area contributed by atoms with E-state index < -0.39 is 0 Å². The van der Waals surface area contributed by atoms with E-state index in [4.69, 9.17) is 5.26 Å². The molecule has 2 aromatic carbocycles. The van der Waals surface area contributed by atoms with Crippen LogP contribution in [0.25, 0.3) is 10.9 Å². The first-order chi connectivity index (χ1) is 15.1. The Labute approximate surface area is 180 Å². The Kier molecular flexibility index (Phi) is 4.82. The van der Waals surface area contributed by atoms with E-state index in [0.29, 0.717) is 17.2 Å². The van der Waals surface area contributed by atoms with Crippen molar-refractivity contribution in [1.82, 2.24) is 9.88 Å². The predicted molar refractivity (Wildman–Crippen MR) is 117 cm³/mol. The lowest BCUT2D eigenvalue weighted by atomic mass is 9.68. The highest BCUT2D eigenvalue weighted by Crippen LogP contribution is 2.48. The summed E-state index contributed by atoms with van der Waals surface area (Å²) in [5.74, 6) is 0.112. The van der Waals surface area contributed by atoms with Crippen molar-refractivity contribution in [3.05, 3.63) is 71.7 Å². The minimum absolute atomic E-state index is 0.0779. The maximum Gasteiger partial charge on any atom is 0.322 e. The number of carbonyl (C=O) groups is 1. The molecule has 5 rings (SSSR count). The van der Waals surface area contributed by atoms with Gasteiger partial charge in [0.15, 0.2) is 0 Å². The molecule has 1 saturated carbocycles. The molecule has 0 radical (unpaired) electrons. The lowest BCUT2D eigenvalue weighted by Crippen LogP contribution is -2.64. The minimum atomic E-state index is -0.237. The van der Waals surface area contributed by atoms with Crippen LogP contribution in [0.3, 0.4) is 0 Å². The Morgan fingerprint density at radius 1 is 1.13 bits per heavy atom. The van der Waals surface area contributed by atoms with Crippen molar-refractivity contribution in [3.63, 3.8) is 0 Å². The highest BCUT2D eigenvalue weighted by atomic mass is 19.1. The van der Waals surface area contributed by atoms with Gasteiger partial charge in [-0.2, -0.15) is 5.26 Å². The van der Waals surface area contributed by atoms with Crippen LogP contribution in [0.1, 0.15) is 49.1 Å². The Bertz CT molecular complexity index is 1180. The number of likely N-dealkylation sites (tertiary alicyclic amines) is 1. The molecular formula is C25H23FN4O.